The number of rotatable bonds is 3. The first-order chi connectivity index (χ1) is 10.7. The van der Waals surface area contributed by atoms with Gasteiger partial charge in [0.1, 0.15) is 23.3 Å². The number of aromatic nitrogens is 1. The Morgan fingerprint density at radius 1 is 1.27 bits per heavy atom. The summed E-state index contributed by atoms with van der Waals surface area (Å²) in [4.78, 5) is 6.70. The summed E-state index contributed by atoms with van der Waals surface area (Å²) in [6, 6.07) is 12.4. The van der Waals surface area contributed by atoms with E-state index < -0.39 is 0 Å². The lowest BCUT2D eigenvalue weighted by atomic mass is 9.99. The summed E-state index contributed by atoms with van der Waals surface area (Å²) in [6.07, 6.45) is 0.985. The Labute approximate surface area is 131 Å². The van der Waals surface area contributed by atoms with Crippen molar-refractivity contribution in [1.29, 1.82) is 5.26 Å². The standard InChI is InChI=1S/C18H19N3O/c1-3-22-16-6-5-14-8-9-21(12-15(14)10-16)18-7-4-13(2)17(11-19)20-18/h4-7,10H,3,8-9,12H2,1-2H3. The van der Waals surface area contributed by atoms with Gasteiger partial charge in [-0.15, -0.1) is 0 Å². The fourth-order valence-electron chi connectivity index (χ4n) is 2.79. The van der Waals surface area contributed by atoms with Crippen molar-refractivity contribution in [2.45, 2.75) is 26.8 Å². The molecule has 112 valence electrons. The van der Waals surface area contributed by atoms with Gasteiger partial charge in [-0.3, -0.25) is 0 Å². The first kappa shape index (κ1) is 14.4. The molecule has 0 spiro atoms. The van der Waals surface area contributed by atoms with Crippen LogP contribution >= 0.6 is 0 Å². The molecular weight excluding hydrogens is 274 g/mol. The first-order valence-electron chi connectivity index (χ1n) is 7.58. The molecule has 0 saturated heterocycles. The van der Waals surface area contributed by atoms with Gasteiger partial charge in [0.15, 0.2) is 0 Å². The van der Waals surface area contributed by atoms with Crippen LogP contribution in [0.5, 0.6) is 5.75 Å². The molecule has 4 heteroatoms. The number of hydrogen-bond acceptors (Lipinski definition) is 4. The Kier molecular flexibility index (Phi) is 3.97. The third kappa shape index (κ3) is 2.75. The maximum atomic E-state index is 9.15. The third-order valence-corrected chi connectivity index (χ3v) is 4.01. The molecule has 0 atom stereocenters. The maximum Gasteiger partial charge on any atom is 0.145 e. The van der Waals surface area contributed by atoms with Crippen LogP contribution in [0.4, 0.5) is 5.82 Å². The van der Waals surface area contributed by atoms with Gasteiger partial charge in [0.2, 0.25) is 0 Å². The molecule has 1 aromatic heterocycles. The first-order valence-corrected chi connectivity index (χ1v) is 7.58. The van der Waals surface area contributed by atoms with Crippen molar-refractivity contribution in [3.8, 4) is 11.8 Å². The normalized spacial score (nSPS) is 13.4. The fourth-order valence-corrected chi connectivity index (χ4v) is 2.79. The monoisotopic (exact) mass is 293 g/mol. The van der Waals surface area contributed by atoms with Gasteiger partial charge in [0, 0.05) is 13.1 Å². The Bertz CT molecular complexity index is 734. The number of benzene rings is 1. The minimum Gasteiger partial charge on any atom is -0.494 e. The second-order valence-electron chi connectivity index (χ2n) is 5.48. The Balaban J connectivity index is 1.87. The molecule has 0 N–H and O–H groups in total. The number of nitriles is 1. The molecule has 1 aliphatic rings. The average molecular weight is 293 g/mol. The molecule has 0 aliphatic carbocycles. The van der Waals surface area contributed by atoms with Crippen molar-refractivity contribution in [2.75, 3.05) is 18.1 Å². The van der Waals surface area contributed by atoms with E-state index in [9.17, 15) is 0 Å². The van der Waals surface area contributed by atoms with Crippen LogP contribution in [0, 0.1) is 18.3 Å². The molecule has 0 unspecified atom stereocenters. The zero-order chi connectivity index (χ0) is 15.5. The van der Waals surface area contributed by atoms with Gasteiger partial charge in [-0.25, -0.2) is 4.98 Å². The lowest BCUT2D eigenvalue weighted by Gasteiger charge is -2.30. The van der Waals surface area contributed by atoms with E-state index in [1.807, 2.05) is 32.0 Å². The molecule has 1 aromatic carbocycles. The number of pyridine rings is 1. The van der Waals surface area contributed by atoms with Crippen molar-refractivity contribution < 1.29 is 4.74 Å². The van der Waals surface area contributed by atoms with E-state index in [0.717, 1.165) is 36.6 Å². The minimum atomic E-state index is 0.506. The zero-order valence-electron chi connectivity index (χ0n) is 13.0. The lowest BCUT2D eigenvalue weighted by Crippen LogP contribution is -2.31. The van der Waals surface area contributed by atoms with Crippen LogP contribution in [0.15, 0.2) is 30.3 Å². The fraction of sp³-hybridized carbons (Fsp3) is 0.333. The number of hydrogen-bond donors (Lipinski definition) is 0. The molecule has 0 fully saturated rings. The summed E-state index contributed by atoms with van der Waals surface area (Å²) < 4.78 is 5.59. The molecule has 0 bridgehead atoms. The molecule has 0 radical (unpaired) electrons. The molecule has 0 saturated carbocycles. The van der Waals surface area contributed by atoms with E-state index in [4.69, 9.17) is 10.00 Å². The molecule has 1 aliphatic heterocycles. The third-order valence-electron chi connectivity index (χ3n) is 4.01. The van der Waals surface area contributed by atoms with Crippen LogP contribution in [0.25, 0.3) is 0 Å². The van der Waals surface area contributed by atoms with E-state index >= 15 is 0 Å². The molecule has 0 amide bonds. The summed E-state index contributed by atoms with van der Waals surface area (Å²) in [7, 11) is 0. The van der Waals surface area contributed by atoms with Crippen LogP contribution in [0.2, 0.25) is 0 Å². The summed E-state index contributed by atoms with van der Waals surface area (Å²) in [5.41, 5.74) is 4.07. The van der Waals surface area contributed by atoms with Gasteiger partial charge in [-0.2, -0.15) is 5.26 Å². The number of fused-ring (bicyclic) bond motifs is 1. The maximum absolute atomic E-state index is 9.15. The predicted molar refractivity (Wildman–Crippen MR) is 86.1 cm³/mol. The molecule has 2 heterocycles. The molecule has 22 heavy (non-hydrogen) atoms. The van der Waals surface area contributed by atoms with E-state index in [1.54, 1.807) is 0 Å². The van der Waals surface area contributed by atoms with Crippen LogP contribution in [0.1, 0.15) is 29.3 Å². The van der Waals surface area contributed by atoms with Gasteiger partial charge in [0.05, 0.1) is 6.61 Å². The zero-order valence-corrected chi connectivity index (χ0v) is 13.0. The Morgan fingerprint density at radius 2 is 2.14 bits per heavy atom. The van der Waals surface area contributed by atoms with Gasteiger partial charge in [-0.1, -0.05) is 12.1 Å². The highest BCUT2D eigenvalue weighted by molar-refractivity contribution is 5.49. The summed E-state index contributed by atoms with van der Waals surface area (Å²) in [6.45, 7) is 6.30. The number of anilines is 1. The summed E-state index contributed by atoms with van der Waals surface area (Å²) in [5, 5.41) is 9.15. The van der Waals surface area contributed by atoms with Crippen LogP contribution in [0.3, 0.4) is 0 Å². The summed E-state index contributed by atoms with van der Waals surface area (Å²) in [5.74, 6) is 1.78. The van der Waals surface area contributed by atoms with E-state index in [-0.39, 0.29) is 0 Å². The van der Waals surface area contributed by atoms with Crippen LogP contribution in [-0.4, -0.2) is 18.1 Å². The Hall–Kier alpha value is -2.54. The molecule has 3 rings (SSSR count). The number of nitrogens with zero attached hydrogens (tertiary/aromatic N) is 3. The highest BCUT2D eigenvalue weighted by Gasteiger charge is 2.18. The van der Waals surface area contributed by atoms with Crippen LogP contribution < -0.4 is 9.64 Å². The average Bonchev–Trinajstić information content (AvgIpc) is 2.55. The SMILES string of the molecule is CCOc1ccc2c(c1)CN(c1ccc(C)c(C#N)n1)CC2. The second kappa shape index (κ2) is 6.07. The molecular formula is C18H19N3O. The minimum absolute atomic E-state index is 0.506. The Morgan fingerprint density at radius 3 is 2.91 bits per heavy atom. The van der Waals surface area contributed by atoms with Crippen molar-refractivity contribution in [3.05, 3.63) is 52.7 Å². The van der Waals surface area contributed by atoms with Gasteiger partial charge >= 0.3 is 0 Å². The highest BCUT2D eigenvalue weighted by Crippen LogP contribution is 2.27. The lowest BCUT2D eigenvalue weighted by molar-refractivity contribution is 0.339. The summed E-state index contributed by atoms with van der Waals surface area (Å²) >= 11 is 0. The predicted octanol–water partition coefficient (Wildman–Crippen LogP) is 3.22. The van der Waals surface area contributed by atoms with Gasteiger partial charge in [0.25, 0.3) is 0 Å². The van der Waals surface area contributed by atoms with Crippen molar-refractivity contribution >= 4 is 5.82 Å². The topological polar surface area (TPSA) is 49.1 Å². The largest absolute Gasteiger partial charge is 0.494 e. The number of ether oxygens (including phenoxy) is 1. The molecule has 2 aromatic rings. The quantitative estimate of drug-likeness (QED) is 0.872. The van der Waals surface area contributed by atoms with E-state index in [0.29, 0.717) is 12.3 Å². The number of aryl methyl sites for hydroxylation is 1. The highest BCUT2D eigenvalue weighted by atomic mass is 16.5. The second-order valence-corrected chi connectivity index (χ2v) is 5.48. The van der Waals surface area contributed by atoms with E-state index in [2.05, 4.69) is 28.1 Å². The van der Waals surface area contributed by atoms with Gasteiger partial charge < -0.3 is 9.64 Å². The van der Waals surface area contributed by atoms with Crippen molar-refractivity contribution in [3.63, 3.8) is 0 Å². The van der Waals surface area contributed by atoms with Crippen LogP contribution in [-0.2, 0) is 13.0 Å². The van der Waals surface area contributed by atoms with E-state index in [1.165, 1.54) is 11.1 Å². The van der Waals surface area contributed by atoms with Gasteiger partial charge in [-0.05, 0) is 55.2 Å². The van der Waals surface area contributed by atoms with Crippen molar-refractivity contribution in [1.82, 2.24) is 4.98 Å². The van der Waals surface area contributed by atoms with Crippen molar-refractivity contribution in [2.24, 2.45) is 0 Å². The molecule has 4 nitrogen and oxygen atoms in total. The smallest absolute Gasteiger partial charge is 0.145 e.